The molecule has 0 radical (unpaired) electrons. The minimum absolute atomic E-state index is 0.192. The number of hydrogen-bond acceptors (Lipinski definition) is 3. The Bertz CT molecular complexity index is 206. The van der Waals surface area contributed by atoms with E-state index >= 15 is 0 Å². The molecule has 1 atom stereocenters. The summed E-state index contributed by atoms with van der Waals surface area (Å²) in [6.45, 7) is 5.99. The van der Waals surface area contributed by atoms with Crippen molar-refractivity contribution < 1.29 is 12.6 Å². The molecule has 12 heavy (non-hydrogen) atoms. The Kier molecular flexibility index (Phi) is 4.78. The fraction of sp³-hybridized carbons (Fsp3) is 1.00. The smallest absolute Gasteiger partial charge is 0.264 e. The van der Waals surface area contributed by atoms with Gasteiger partial charge in [0.15, 0.2) is 0 Å². The second kappa shape index (κ2) is 4.82. The molecule has 1 unspecified atom stereocenters. The molecule has 0 saturated carbocycles. The first kappa shape index (κ1) is 11.9. The molecule has 0 heterocycles. The minimum Gasteiger partial charge on any atom is -0.267 e. The fourth-order valence-corrected chi connectivity index (χ4v) is 1.61. The van der Waals surface area contributed by atoms with Gasteiger partial charge in [-0.3, -0.25) is 4.18 Å². The third-order valence-electron chi connectivity index (χ3n) is 1.49. The van der Waals surface area contributed by atoms with Gasteiger partial charge in [-0.1, -0.05) is 13.8 Å². The van der Waals surface area contributed by atoms with E-state index in [0.29, 0.717) is 5.92 Å². The van der Waals surface area contributed by atoms with E-state index in [9.17, 15) is 8.42 Å². The minimum atomic E-state index is -3.27. The lowest BCUT2D eigenvalue weighted by molar-refractivity contribution is 0.211. The molecule has 0 fully saturated rings. The van der Waals surface area contributed by atoms with Crippen molar-refractivity contribution in [1.82, 2.24) is 0 Å². The third kappa shape index (κ3) is 8.01. The van der Waals surface area contributed by atoms with E-state index < -0.39 is 10.1 Å². The van der Waals surface area contributed by atoms with Crippen LogP contribution >= 0.6 is 0 Å². The zero-order chi connectivity index (χ0) is 9.78. The van der Waals surface area contributed by atoms with Crippen molar-refractivity contribution in [2.45, 2.75) is 39.7 Å². The molecular weight excluding hydrogens is 176 g/mol. The number of rotatable bonds is 5. The molecule has 0 aliphatic carbocycles. The van der Waals surface area contributed by atoms with Gasteiger partial charge in [-0.05, 0) is 25.7 Å². The molecule has 0 rings (SSSR count). The Labute approximate surface area is 75.2 Å². The summed E-state index contributed by atoms with van der Waals surface area (Å²) in [6.07, 6.45) is 2.68. The summed E-state index contributed by atoms with van der Waals surface area (Å²) in [5.41, 5.74) is 0. The number of hydrogen-bond donors (Lipinski definition) is 0. The van der Waals surface area contributed by atoms with Crippen molar-refractivity contribution in [2.24, 2.45) is 5.92 Å². The van der Waals surface area contributed by atoms with Crippen molar-refractivity contribution in [1.29, 1.82) is 0 Å². The van der Waals surface area contributed by atoms with Crippen molar-refractivity contribution in [3.05, 3.63) is 0 Å². The Hall–Kier alpha value is -0.0900. The van der Waals surface area contributed by atoms with Gasteiger partial charge in [0, 0.05) is 0 Å². The zero-order valence-corrected chi connectivity index (χ0v) is 9.02. The summed E-state index contributed by atoms with van der Waals surface area (Å²) in [7, 11) is -3.27. The average molecular weight is 194 g/mol. The lowest BCUT2D eigenvalue weighted by Gasteiger charge is -2.11. The summed E-state index contributed by atoms with van der Waals surface area (Å²) < 4.78 is 26.1. The van der Waals surface area contributed by atoms with E-state index in [1.54, 1.807) is 6.92 Å². The normalized spacial score (nSPS) is 15.1. The first-order chi connectivity index (χ1) is 5.31. The van der Waals surface area contributed by atoms with E-state index in [1.807, 2.05) is 0 Å². The van der Waals surface area contributed by atoms with E-state index in [1.165, 1.54) is 0 Å². The Morgan fingerprint density at radius 3 is 2.00 bits per heavy atom. The van der Waals surface area contributed by atoms with Gasteiger partial charge in [-0.2, -0.15) is 8.42 Å². The lowest BCUT2D eigenvalue weighted by atomic mass is 10.1. The van der Waals surface area contributed by atoms with Gasteiger partial charge >= 0.3 is 0 Å². The van der Waals surface area contributed by atoms with Crippen LogP contribution in [0.5, 0.6) is 0 Å². The highest BCUT2D eigenvalue weighted by Gasteiger charge is 2.10. The van der Waals surface area contributed by atoms with Gasteiger partial charge in [-0.15, -0.1) is 0 Å². The van der Waals surface area contributed by atoms with Crippen molar-refractivity contribution >= 4 is 10.1 Å². The average Bonchev–Trinajstić information content (AvgIpc) is 1.79. The molecule has 0 aliphatic heterocycles. The van der Waals surface area contributed by atoms with Crippen LogP contribution < -0.4 is 0 Å². The molecule has 0 N–H and O–H groups in total. The van der Waals surface area contributed by atoms with Gasteiger partial charge in [-0.25, -0.2) is 0 Å². The van der Waals surface area contributed by atoms with Gasteiger partial charge in [0.25, 0.3) is 10.1 Å². The summed E-state index contributed by atoms with van der Waals surface area (Å²) in [5, 5.41) is 0. The molecule has 4 heteroatoms. The van der Waals surface area contributed by atoms with Gasteiger partial charge in [0.05, 0.1) is 12.4 Å². The van der Waals surface area contributed by atoms with Gasteiger partial charge in [0.2, 0.25) is 0 Å². The maximum atomic E-state index is 10.7. The molecule has 0 spiro atoms. The molecule has 0 aliphatic rings. The first-order valence-corrected chi connectivity index (χ1v) is 6.01. The Balaban J connectivity index is 3.68. The van der Waals surface area contributed by atoms with Gasteiger partial charge < -0.3 is 0 Å². The van der Waals surface area contributed by atoms with Crippen LogP contribution in [-0.2, 0) is 14.3 Å². The van der Waals surface area contributed by atoms with Crippen LogP contribution in [-0.4, -0.2) is 20.8 Å². The largest absolute Gasteiger partial charge is 0.267 e. The molecule has 0 amide bonds. The Morgan fingerprint density at radius 1 is 1.17 bits per heavy atom. The van der Waals surface area contributed by atoms with Gasteiger partial charge in [0.1, 0.15) is 0 Å². The van der Waals surface area contributed by atoms with Crippen LogP contribution in [0.4, 0.5) is 0 Å². The second-order valence-electron chi connectivity index (χ2n) is 3.58. The van der Waals surface area contributed by atoms with Crippen LogP contribution in [0, 0.1) is 5.92 Å². The second-order valence-corrected chi connectivity index (χ2v) is 5.18. The van der Waals surface area contributed by atoms with Crippen LogP contribution in [0.1, 0.15) is 33.6 Å². The fourth-order valence-electron chi connectivity index (χ4n) is 0.915. The topological polar surface area (TPSA) is 43.4 Å². The van der Waals surface area contributed by atoms with Crippen LogP contribution in [0.3, 0.4) is 0 Å². The summed E-state index contributed by atoms with van der Waals surface area (Å²) >= 11 is 0. The molecule has 3 nitrogen and oxygen atoms in total. The molecule has 74 valence electrons. The molecule has 0 aromatic heterocycles. The molecule has 0 saturated heterocycles. The molecule has 0 aromatic rings. The maximum absolute atomic E-state index is 10.7. The van der Waals surface area contributed by atoms with E-state index in [-0.39, 0.29) is 6.10 Å². The van der Waals surface area contributed by atoms with E-state index in [4.69, 9.17) is 4.18 Å². The standard InChI is InChI=1S/C8H18O3S/c1-7(2)5-6-8(3)11-12(4,9)10/h7-8H,5-6H2,1-4H3. The van der Waals surface area contributed by atoms with Crippen LogP contribution in [0.15, 0.2) is 0 Å². The molecular formula is C8H18O3S. The summed E-state index contributed by atoms with van der Waals surface area (Å²) in [5.74, 6) is 0.593. The zero-order valence-electron chi connectivity index (χ0n) is 8.20. The third-order valence-corrected chi connectivity index (χ3v) is 2.17. The van der Waals surface area contributed by atoms with Crippen molar-refractivity contribution in [3.8, 4) is 0 Å². The highest BCUT2D eigenvalue weighted by atomic mass is 32.2. The first-order valence-electron chi connectivity index (χ1n) is 4.19. The van der Waals surface area contributed by atoms with E-state index in [0.717, 1.165) is 19.1 Å². The Morgan fingerprint density at radius 2 is 1.67 bits per heavy atom. The highest BCUT2D eigenvalue weighted by Crippen LogP contribution is 2.10. The highest BCUT2D eigenvalue weighted by molar-refractivity contribution is 7.86. The summed E-state index contributed by atoms with van der Waals surface area (Å²) in [6, 6.07) is 0. The predicted molar refractivity (Wildman–Crippen MR) is 49.5 cm³/mol. The predicted octanol–water partition coefficient (Wildman–Crippen LogP) is 1.79. The van der Waals surface area contributed by atoms with Crippen LogP contribution in [0.2, 0.25) is 0 Å². The monoisotopic (exact) mass is 194 g/mol. The lowest BCUT2D eigenvalue weighted by Crippen LogP contribution is -2.14. The SMILES string of the molecule is CC(C)CCC(C)OS(C)(=O)=O. The molecule has 0 aromatic carbocycles. The quantitative estimate of drug-likeness (QED) is 0.627. The van der Waals surface area contributed by atoms with Crippen molar-refractivity contribution in [3.63, 3.8) is 0 Å². The maximum Gasteiger partial charge on any atom is 0.264 e. The molecule has 0 bridgehead atoms. The van der Waals surface area contributed by atoms with Crippen molar-refractivity contribution in [2.75, 3.05) is 6.26 Å². The van der Waals surface area contributed by atoms with E-state index in [2.05, 4.69) is 13.8 Å². The van der Waals surface area contributed by atoms with Crippen LogP contribution in [0.25, 0.3) is 0 Å². The summed E-state index contributed by atoms with van der Waals surface area (Å²) in [4.78, 5) is 0.